The first kappa shape index (κ1) is 17.9. The second-order valence-corrected chi connectivity index (χ2v) is 5.90. The summed E-state index contributed by atoms with van der Waals surface area (Å²) in [6, 6.07) is 4.85. The van der Waals surface area contributed by atoms with E-state index in [1.807, 2.05) is 0 Å². The highest BCUT2D eigenvalue weighted by molar-refractivity contribution is 6.31. The molecule has 0 fully saturated rings. The average Bonchev–Trinajstić information content (AvgIpc) is 2.99. The van der Waals surface area contributed by atoms with Crippen LogP contribution in [0.3, 0.4) is 0 Å². The van der Waals surface area contributed by atoms with Crippen molar-refractivity contribution in [2.75, 3.05) is 0 Å². The summed E-state index contributed by atoms with van der Waals surface area (Å²) in [5.74, 6) is -0.480. The van der Waals surface area contributed by atoms with Gasteiger partial charge in [0.1, 0.15) is 6.33 Å². The van der Waals surface area contributed by atoms with Gasteiger partial charge in [-0.3, -0.25) is 4.57 Å². The van der Waals surface area contributed by atoms with Gasteiger partial charge in [0.05, 0.1) is 16.6 Å². The predicted octanol–water partition coefficient (Wildman–Crippen LogP) is 3.69. The number of rotatable bonds is 3. The lowest BCUT2D eigenvalue weighted by Crippen LogP contribution is -2.30. The van der Waals surface area contributed by atoms with E-state index in [0.717, 1.165) is 33.5 Å². The largest absolute Gasteiger partial charge is 0.423 e. The average molecular weight is 387 g/mol. The van der Waals surface area contributed by atoms with Crippen LogP contribution in [0.5, 0.6) is 0 Å². The molecule has 26 heavy (non-hydrogen) atoms. The zero-order valence-electron chi connectivity index (χ0n) is 13.1. The second-order valence-electron chi connectivity index (χ2n) is 5.49. The number of fused-ring (bicyclic) bond motifs is 1. The molecule has 0 radical (unpaired) electrons. The number of hydrogen-bond acceptors (Lipinski definition) is 4. The standard InChI is InChI=1S/C15H10ClF3N4O3/c1-8(9-2-3-11(16)10(6-9)15(17,18)19)21-7-20-12-4-5-13(23(25)26)22(12)14(21)24/h2-8H,1H3. The van der Waals surface area contributed by atoms with Crippen LogP contribution in [0.2, 0.25) is 5.02 Å². The van der Waals surface area contributed by atoms with E-state index >= 15 is 0 Å². The zero-order valence-corrected chi connectivity index (χ0v) is 13.8. The van der Waals surface area contributed by atoms with E-state index < -0.39 is 39.2 Å². The van der Waals surface area contributed by atoms with Gasteiger partial charge in [0, 0.05) is 12.1 Å². The van der Waals surface area contributed by atoms with E-state index in [0.29, 0.717) is 0 Å². The van der Waals surface area contributed by atoms with Crippen molar-refractivity contribution >= 4 is 23.1 Å². The maximum Gasteiger partial charge on any atom is 0.423 e. The minimum absolute atomic E-state index is 0.0669. The fourth-order valence-electron chi connectivity index (χ4n) is 2.59. The van der Waals surface area contributed by atoms with Gasteiger partial charge in [-0.15, -0.1) is 4.40 Å². The van der Waals surface area contributed by atoms with Crippen molar-refractivity contribution < 1.29 is 18.1 Å². The predicted molar refractivity (Wildman–Crippen MR) is 86.4 cm³/mol. The van der Waals surface area contributed by atoms with Gasteiger partial charge in [-0.1, -0.05) is 17.7 Å². The molecular weight excluding hydrogens is 377 g/mol. The number of hydrogen-bond donors (Lipinski definition) is 0. The summed E-state index contributed by atoms with van der Waals surface area (Å²) in [6.07, 6.45) is -3.52. The van der Waals surface area contributed by atoms with Crippen LogP contribution in [0.25, 0.3) is 5.65 Å². The first-order chi connectivity index (χ1) is 12.1. The van der Waals surface area contributed by atoms with Crippen LogP contribution < -0.4 is 5.69 Å². The lowest BCUT2D eigenvalue weighted by atomic mass is 10.0. The molecule has 1 unspecified atom stereocenters. The maximum atomic E-state index is 13.0. The summed E-state index contributed by atoms with van der Waals surface area (Å²) in [5, 5.41) is 10.6. The number of benzene rings is 1. The van der Waals surface area contributed by atoms with Crippen LogP contribution in [-0.2, 0) is 6.18 Å². The van der Waals surface area contributed by atoms with Gasteiger partial charge in [-0.25, -0.2) is 4.79 Å². The molecule has 3 rings (SSSR count). The second kappa shape index (κ2) is 6.13. The smallest absolute Gasteiger partial charge is 0.358 e. The van der Waals surface area contributed by atoms with E-state index in [-0.39, 0.29) is 11.2 Å². The van der Waals surface area contributed by atoms with Crippen LogP contribution in [0.1, 0.15) is 24.1 Å². The third kappa shape index (κ3) is 2.92. The molecule has 0 spiro atoms. The lowest BCUT2D eigenvalue weighted by molar-refractivity contribution is -0.390. The van der Waals surface area contributed by atoms with Gasteiger partial charge in [-0.05, 0) is 29.5 Å². The molecule has 0 aliphatic heterocycles. The summed E-state index contributed by atoms with van der Waals surface area (Å²) >= 11 is 5.60. The molecule has 1 atom stereocenters. The number of aromatic nitrogens is 3. The molecule has 0 bridgehead atoms. The van der Waals surface area contributed by atoms with Crippen molar-refractivity contribution in [2.24, 2.45) is 0 Å². The summed E-state index contributed by atoms with van der Waals surface area (Å²) in [7, 11) is 0. The Morgan fingerprint density at radius 1 is 1.27 bits per heavy atom. The van der Waals surface area contributed by atoms with E-state index in [1.165, 1.54) is 19.1 Å². The molecule has 1 aromatic carbocycles. The van der Waals surface area contributed by atoms with Crippen molar-refractivity contribution in [3.8, 4) is 0 Å². The maximum absolute atomic E-state index is 13.0. The Hall–Kier alpha value is -2.88. The zero-order chi connectivity index (χ0) is 19.2. The number of alkyl halides is 3. The van der Waals surface area contributed by atoms with Crippen LogP contribution in [-0.4, -0.2) is 18.9 Å². The molecule has 0 aliphatic rings. The molecule has 0 saturated heterocycles. The van der Waals surface area contributed by atoms with Gasteiger partial charge >= 0.3 is 17.7 Å². The number of nitro groups is 1. The number of nitrogens with zero attached hydrogens (tertiary/aromatic N) is 4. The van der Waals surface area contributed by atoms with Crippen LogP contribution in [0.15, 0.2) is 41.5 Å². The molecular formula is C15H10ClF3N4O3. The van der Waals surface area contributed by atoms with Crippen molar-refractivity contribution in [3.63, 3.8) is 0 Å². The summed E-state index contributed by atoms with van der Waals surface area (Å²) < 4.78 is 40.9. The van der Waals surface area contributed by atoms with E-state index in [1.54, 1.807) is 0 Å². The molecule has 2 aromatic heterocycles. The Balaban J connectivity index is 2.16. The fraction of sp³-hybridized carbons (Fsp3) is 0.200. The Kier molecular flexibility index (Phi) is 4.23. The first-order valence-corrected chi connectivity index (χ1v) is 7.58. The molecule has 136 valence electrons. The summed E-state index contributed by atoms with van der Waals surface area (Å²) in [4.78, 5) is 26.9. The van der Waals surface area contributed by atoms with Crippen molar-refractivity contribution in [1.29, 1.82) is 0 Å². The highest BCUT2D eigenvalue weighted by Crippen LogP contribution is 2.36. The topological polar surface area (TPSA) is 82.4 Å². The summed E-state index contributed by atoms with van der Waals surface area (Å²) in [6.45, 7) is 1.48. The Morgan fingerprint density at radius 3 is 2.58 bits per heavy atom. The van der Waals surface area contributed by atoms with Crippen LogP contribution >= 0.6 is 11.6 Å². The number of halogens is 4. The SMILES string of the molecule is CC(c1ccc(Cl)c(C(F)(F)F)c1)n1cnc2ccc([N+](=O)[O-])n2c1=O. The van der Waals surface area contributed by atoms with Crippen molar-refractivity contribution in [3.05, 3.63) is 73.4 Å². The van der Waals surface area contributed by atoms with Gasteiger partial charge in [0.2, 0.25) is 5.65 Å². The van der Waals surface area contributed by atoms with Gasteiger partial charge < -0.3 is 10.1 Å². The van der Waals surface area contributed by atoms with Crippen LogP contribution in [0.4, 0.5) is 19.0 Å². The molecule has 0 saturated carbocycles. The Labute approximate surface area is 148 Å². The molecule has 2 heterocycles. The van der Waals surface area contributed by atoms with Crippen LogP contribution in [0, 0.1) is 10.1 Å². The van der Waals surface area contributed by atoms with E-state index in [2.05, 4.69) is 4.98 Å². The molecule has 11 heteroatoms. The van der Waals surface area contributed by atoms with E-state index in [4.69, 9.17) is 11.6 Å². The van der Waals surface area contributed by atoms with Crippen molar-refractivity contribution in [1.82, 2.24) is 14.0 Å². The van der Waals surface area contributed by atoms with Gasteiger partial charge in [0.25, 0.3) is 0 Å². The molecule has 0 N–H and O–H groups in total. The molecule has 0 aliphatic carbocycles. The highest BCUT2D eigenvalue weighted by atomic mass is 35.5. The summed E-state index contributed by atoms with van der Waals surface area (Å²) in [5.41, 5.74) is -1.60. The molecule has 0 amide bonds. The van der Waals surface area contributed by atoms with E-state index in [9.17, 15) is 28.1 Å². The Morgan fingerprint density at radius 2 is 1.96 bits per heavy atom. The lowest BCUT2D eigenvalue weighted by Gasteiger charge is -2.17. The Bertz CT molecular complexity index is 1070. The minimum Gasteiger partial charge on any atom is -0.358 e. The third-order valence-electron chi connectivity index (χ3n) is 3.95. The minimum atomic E-state index is -4.65. The third-order valence-corrected chi connectivity index (χ3v) is 4.28. The highest BCUT2D eigenvalue weighted by Gasteiger charge is 2.34. The molecule has 7 nitrogen and oxygen atoms in total. The monoisotopic (exact) mass is 386 g/mol. The van der Waals surface area contributed by atoms with Gasteiger partial charge in [-0.2, -0.15) is 18.2 Å². The quantitative estimate of drug-likeness (QED) is 0.508. The fourth-order valence-corrected chi connectivity index (χ4v) is 2.81. The molecule has 3 aromatic rings. The van der Waals surface area contributed by atoms with Gasteiger partial charge in [0.15, 0.2) is 0 Å². The first-order valence-electron chi connectivity index (χ1n) is 7.21. The normalized spacial score (nSPS) is 13.1. The van der Waals surface area contributed by atoms with Crippen molar-refractivity contribution in [2.45, 2.75) is 19.1 Å².